The fourth-order valence-electron chi connectivity index (χ4n) is 6.52. The molecule has 0 aliphatic carbocycles. The summed E-state index contributed by atoms with van der Waals surface area (Å²) in [7, 11) is 0. The van der Waals surface area contributed by atoms with Crippen molar-refractivity contribution in [2.75, 3.05) is 0 Å². The zero-order chi connectivity index (χ0) is 26.5. The average molecular weight is 503 g/mol. The summed E-state index contributed by atoms with van der Waals surface area (Å²) in [6, 6.07) is 23.5. The minimum atomic E-state index is 1.21. The van der Waals surface area contributed by atoms with Crippen LogP contribution in [0.25, 0.3) is 43.1 Å². The van der Waals surface area contributed by atoms with Crippen LogP contribution in [0.1, 0.15) is 101 Å². The average Bonchev–Trinajstić information content (AvgIpc) is 2.94. The molecule has 0 aliphatic rings. The van der Waals surface area contributed by atoms with E-state index in [1.165, 1.54) is 109 Å². The molecule has 0 aliphatic heterocycles. The second kappa shape index (κ2) is 12.3. The van der Waals surface area contributed by atoms with Gasteiger partial charge in [0.15, 0.2) is 0 Å². The van der Waals surface area contributed by atoms with Crippen LogP contribution in [-0.4, -0.2) is 0 Å². The third-order valence-corrected chi connectivity index (χ3v) is 8.66. The minimum Gasteiger partial charge on any atom is -0.0654 e. The van der Waals surface area contributed by atoms with E-state index in [1.807, 2.05) is 0 Å². The van der Waals surface area contributed by atoms with E-state index in [4.69, 9.17) is 0 Å². The van der Waals surface area contributed by atoms with E-state index in [0.717, 1.165) is 0 Å². The molecule has 0 fully saturated rings. The van der Waals surface area contributed by atoms with Crippen molar-refractivity contribution in [2.45, 2.75) is 105 Å². The molecule has 5 rings (SSSR count). The SMILES string of the molecule is CCCCc1c(CCCC)c(CCCC)c2cc3cc4cc5ccccc5cc4cc3cc2c1CCCC. The van der Waals surface area contributed by atoms with Crippen LogP contribution in [0, 0.1) is 0 Å². The Kier molecular flexibility index (Phi) is 8.68. The van der Waals surface area contributed by atoms with Gasteiger partial charge < -0.3 is 0 Å². The molecule has 0 heterocycles. The van der Waals surface area contributed by atoms with Gasteiger partial charge in [0.2, 0.25) is 0 Å². The van der Waals surface area contributed by atoms with Crippen LogP contribution in [0.4, 0.5) is 0 Å². The molecule has 0 bridgehead atoms. The van der Waals surface area contributed by atoms with Crippen molar-refractivity contribution in [1.29, 1.82) is 0 Å². The Morgan fingerprint density at radius 3 is 1.05 bits per heavy atom. The van der Waals surface area contributed by atoms with E-state index < -0.39 is 0 Å². The van der Waals surface area contributed by atoms with Crippen LogP contribution in [0.5, 0.6) is 0 Å². The van der Waals surface area contributed by atoms with E-state index in [9.17, 15) is 0 Å². The third kappa shape index (κ3) is 5.33. The van der Waals surface area contributed by atoms with Crippen LogP contribution in [0.2, 0.25) is 0 Å². The lowest BCUT2D eigenvalue weighted by Gasteiger charge is -2.24. The molecule has 0 atom stereocenters. The molecule has 0 N–H and O–H groups in total. The van der Waals surface area contributed by atoms with Gasteiger partial charge in [-0.1, -0.05) is 77.6 Å². The number of rotatable bonds is 12. The highest BCUT2D eigenvalue weighted by molar-refractivity contribution is 6.09. The molecule has 0 nitrogen and oxygen atoms in total. The van der Waals surface area contributed by atoms with Crippen LogP contribution < -0.4 is 0 Å². The highest BCUT2D eigenvalue weighted by atomic mass is 14.2. The summed E-state index contributed by atoms with van der Waals surface area (Å²) < 4.78 is 0. The van der Waals surface area contributed by atoms with Gasteiger partial charge in [0.25, 0.3) is 0 Å². The highest BCUT2D eigenvalue weighted by Gasteiger charge is 2.19. The van der Waals surface area contributed by atoms with Crippen molar-refractivity contribution < 1.29 is 0 Å². The monoisotopic (exact) mass is 502 g/mol. The molecule has 0 spiro atoms. The van der Waals surface area contributed by atoms with Gasteiger partial charge in [-0.2, -0.15) is 0 Å². The fraction of sp³-hybridized carbons (Fsp3) is 0.421. The maximum Gasteiger partial charge on any atom is -0.0140 e. The summed E-state index contributed by atoms with van der Waals surface area (Å²) >= 11 is 0. The first-order valence-electron chi connectivity index (χ1n) is 15.5. The van der Waals surface area contributed by atoms with Gasteiger partial charge in [0.1, 0.15) is 0 Å². The normalized spacial score (nSPS) is 11.9. The molecule has 0 saturated heterocycles. The molecule has 0 unspecified atom stereocenters. The Balaban J connectivity index is 1.83. The Morgan fingerprint density at radius 1 is 0.368 bits per heavy atom. The summed E-state index contributed by atoms with van der Waals surface area (Å²) in [4.78, 5) is 0. The van der Waals surface area contributed by atoms with E-state index in [2.05, 4.69) is 88.4 Å². The Morgan fingerprint density at radius 2 is 0.684 bits per heavy atom. The number of fused-ring (bicyclic) bond motifs is 4. The van der Waals surface area contributed by atoms with Gasteiger partial charge in [0, 0.05) is 0 Å². The smallest absolute Gasteiger partial charge is 0.0140 e. The first-order chi connectivity index (χ1) is 18.7. The van der Waals surface area contributed by atoms with Crippen molar-refractivity contribution in [3.05, 3.63) is 82.9 Å². The minimum absolute atomic E-state index is 1.21. The molecule has 5 aromatic carbocycles. The fourth-order valence-corrected chi connectivity index (χ4v) is 6.52. The van der Waals surface area contributed by atoms with Gasteiger partial charge in [-0.25, -0.2) is 0 Å². The predicted molar refractivity (Wildman–Crippen MR) is 171 cm³/mol. The highest BCUT2D eigenvalue weighted by Crippen LogP contribution is 2.38. The molecule has 0 saturated carbocycles. The number of benzene rings is 5. The van der Waals surface area contributed by atoms with Crippen molar-refractivity contribution in [1.82, 2.24) is 0 Å². The number of unbranched alkanes of at least 4 members (excludes halogenated alkanes) is 4. The Labute approximate surface area is 230 Å². The Bertz CT molecular complexity index is 1430. The summed E-state index contributed by atoms with van der Waals surface area (Å²) in [6.45, 7) is 9.37. The molecular weight excluding hydrogens is 456 g/mol. The lowest BCUT2D eigenvalue weighted by atomic mass is 9.81. The van der Waals surface area contributed by atoms with Gasteiger partial charge in [0.05, 0.1) is 0 Å². The standard InChI is InChI=1S/C38H46/c1-5-9-17-33-34(18-10-6-2)36(20-12-8-4)38-26-32-24-30-22-28-16-14-13-15-27(28)21-29(30)23-31(32)25-37(38)35(33)19-11-7-3/h13-16,21-26H,5-12,17-20H2,1-4H3. The van der Waals surface area contributed by atoms with E-state index in [0.29, 0.717) is 0 Å². The van der Waals surface area contributed by atoms with Gasteiger partial charge in [-0.15, -0.1) is 0 Å². The van der Waals surface area contributed by atoms with E-state index in [-0.39, 0.29) is 0 Å². The van der Waals surface area contributed by atoms with Crippen LogP contribution in [-0.2, 0) is 25.7 Å². The molecule has 0 heteroatoms. The molecule has 0 radical (unpaired) electrons. The van der Waals surface area contributed by atoms with Crippen LogP contribution in [0.3, 0.4) is 0 Å². The summed E-state index contributed by atoms with van der Waals surface area (Å²) in [5.74, 6) is 0. The number of hydrogen-bond donors (Lipinski definition) is 0. The molecule has 198 valence electrons. The zero-order valence-corrected chi connectivity index (χ0v) is 24.3. The maximum atomic E-state index is 2.57. The lowest BCUT2D eigenvalue weighted by Crippen LogP contribution is -2.08. The zero-order valence-electron chi connectivity index (χ0n) is 24.3. The van der Waals surface area contributed by atoms with E-state index >= 15 is 0 Å². The maximum absolute atomic E-state index is 2.57. The summed E-state index contributed by atoms with van der Waals surface area (Å²) in [5.41, 5.74) is 6.78. The van der Waals surface area contributed by atoms with Gasteiger partial charge in [-0.3, -0.25) is 0 Å². The second-order valence-electron chi connectivity index (χ2n) is 11.5. The quantitative estimate of drug-likeness (QED) is 0.149. The predicted octanol–water partition coefficient (Wildman–Crippen LogP) is 11.7. The van der Waals surface area contributed by atoms with Gasteiger partial charge in [-0.05, 0) is 153 Å². The Hall–Kier alpha value is -2.86. The van der Waals surface area contributed by atoms with Crippen molar-refractivity contribution in [2.24, 2.45) is 0 Å². The first kappa shape index (κ1) is 26.7. The summed E-state index contributed by atoms with van der Waals surface area (Å²) in [5, 5.41) is 11.2. The largest absolute Gasteiger partial charge is 0.0654 e. The van der Waals surface area contributed by atoms with Crippen LogP contribution in [0.15, 0.2) is 60.7 Å². The van der Waals surface area contributed by atoms with Crippen molar-refractivity contribution in [3.8, 4) is 0 Å². The molecule has 0 amide bonds. The van der Waals surface area contributed by atoms with Crippen LogP contribution >= 0.6 is 0 Å². The first-order valence-corrected chi connectivity index (χ1v) is 15.5. The molecule has 0 aromatic heterocycles. The van der Waals surface area contributed by atoms with Gasteiger partial charge >= 0.3 is 0 Å². The topological polar surface area (TPSA) is 0 Å². The second-order valence-corrected chi connectivity index (χ2v) is 11.5. The third-order valence-electron chi connectivity index (χ3n) is 8.66. The number of hydrogen-bond acceptors (Lipinski definition) is 0. The number of aryl methyl sites for hydroxylation is 2. The molecule has 38 heavy (non-hydrogen) atoms. The van der Waals surface area contributed by atoms with Crippen molar-refractivity contribution >= 4 is 43.1 Å². The lowest BCUT2D eigenvalue weighted by molar-refractivity contribution is 0.724. The summed E-state index contributed by atoms with van der Waals surface area (Å²) in [6.07, 6.45) is 15.1. The molecular formula is C38H46. The van der Waals surface area contributed by atoms with E-state index in [1.54, 1.807) is 33.0 Å². The molecule has 5 aromatic rings. The van der Waals surface area contributed by atoms with Crippen molar-refractivity contribution in [3.63, 3.8) is 0 Å².